The molecule has 0 N–H and O–H groups in total. The van der Waals surface area contributed by atoms with E-state index in [0.717, 1.165) is 31.2 Å². The minimum absolute atomic E-state index is 0.437. The van der Waals surface area contributed by atoms with Crippen molar-refractivity contribution in [3.63, 3.8) is 0 Å². The molecule has 3 heteroatoms. The molecule has 0 aromatic rings. The van der Waals surface area contributed by atoms with Gasteiger partial charge in [-0.2, -0.15) is 11.8 Å². The maximum atomic E-state index is 11.2. The lowest BCUT2D eigenvalue weighted by atomic mass is 10.0. The molecule has 2 nitrogen and oxygen atoms in total. The van der Waals surface area contributed by atoms with E-state index in [4.69, 9.17) is 0 Å². The van der Waals surface area contributed by atoms with Crippen LogP contribution in [0.5, 0.6) is 0 Å². The highest BCUT2D eigenvalue weighted by atomic mass is 32.2. The summed E-state index contributed by atoms with van der Waals surface area (Å²) in [6.07, 6.45) is 4.92. The van der Waals surface area contributed by atoms with Gasteiger partial charge >= 0.3 is 0 Å². The predicted molar refractivity (Wildman–Crippen MR) is 62.9 cm³/mol. The first-order valence-electron chi connectivity index (χ1n) is 5.42. The van der Waals surface area contributed by atoms with E-state index < -0.39 is 0 Å². The topological polar surface area (TPSA) is 20.3 Å². The molecule has 0 aromatic heterocycles. The largest absolute Gasteiger partial charge is 0.300 e. The van der Waals surface area contributed by atoms with Crippen LogP contribution in [0.15, 0.2) is 0 Å². The molecule has 1 aliphatic rings. The lowest BCUT2D eigenvalue weighted by molar-refractivity contribution is -0.122. The van der Waals surface area contributed by atoms with Crippen molar-refractivity contribution in [2.45, 2.75) is 44.4 Å². The maximum absolute atomic E-state index is 11.2. The number of carbonyl (C=O) groups excluding carboxylic acids is 1. The van der Waals surface area contributed by atoms with Gasteiger partial charge in [0.2, 0.25) is 0 Å². The van der Waals surface area contributed by atoms with Crippen molar-refractivity contribution in [3.8, 4) is 0 Å². The second-order valence-electron chi connectivity index (χ2n) is 4.21. The van der Waals surface area contributed by atoms with Crippen LogP contribution in [0.4, 0.5) is 0 Å². The molecule has 1 fully saturated rings. The summed E-state index contributed by atoms with van der Waals surface area (Å²) in [5, 5.41) is 0.736. The van der Waals surface area contributed by atoms with Gasteiger partial charge in [0, 0.05) is 30.7 Å². The Kier molecular flexibility index (Phi) is 4.96. The van der Waals surface area contributed by atoms with E-state index in [2.05, 4.69) is 25.0 Å². The van der Waals surface area contributed by atoms with Gasteiger partial charge in [-0.3, -0.25) is 9.69 Å². The van der Waals surface area contributed by atoms with Gasteiger partial charge in [-0.25, -0.2) is 0 Å². The second kappa shape index (κ2) is 5.76. The number of likely N-dealkylation sites (tertiary alicyclic amines) is 1. The van der Waals surface area contributed by atoms with Gasteiger partial charge in [-0.05, 0) is 26.1 Å². The number of Topliss-reactive ketones (excluding diaryl/α,β-unsaturated/α-hetero) is 1. The van der Waals surface area contributed by atoms with Gasteiger partial charge in [-0.15, -0.1) is 0 Å². The van der Waals surface area contributed by atoms with Crippen molar-refractivity contribution in [2.24, 2.45) is 0 Å². The fraction of sp³-hybridized carbons (Fsp3) is 0.909. The highest BCUT2D eigenvalue weighted by Gasteiger charge is 2.22. The van der Waals surface area contributed by atoms with Crippen LogP contribution in [-0.4, -0.2) is 41.3 Å². The maximum Gasteiger partial charge on any atom is 0.135 e. The number of thioether (sulfide) groups is 1. The molecule has 0 bridgehead atoms. The molecule has 1 aliphatic heterocycles. The minimum atomic E-state index is 0.437. The fourth-order valence-corrected chi connectivity index (χ4v) is 2.19. The number of piperidine rings is 1. The van der Waals surface area contributed by atoms with Crippen molar-refractivity contribution < 1.29 is 4.79 Å². The van der Waals surface area contributed by atoms with Crippen molar-refractivity contribution in [2.75, 3.05) is 19.3 Å². The standard InChI is InChI=1S/C11H21NOS/c1-9-8-11(13)5-7-12(9)6-4-10(2)14-3/h9-10H,4-8H2,1-3H3. The van der Waals surface area contributed by atoms with E-state index in [0.29, 0.717) is 11.8 Å². The van der Waals surface area contributed by atoms with E-state index in [-0.39, 0.29) is 0 Å². The average molecular weight is 215 g/mol. The Morgan fingerprint density at radius 2 is 2.36 bits per heavy atom. The molecule has 1 heterocycles. The Balaban J connectivity index is 2.27. The number of ketones is 1. The SMILES string of the molecule is CSC(C)CCN1CCC(=O)CC1C. The Morgan fingerprint density at radius 3 is 2.93 bits per heavy atom. The molecule has 0 aliphatic carbocycles. The number of carbonyl (C=O) groups is 1. The highest BCUT2D eigenvalue weighted by molar-refractivity contribution is 7.99. The van der Waals surface area contributed by atoms with Crippen LogP contribution < -0.4 is 0 Å². The van der Waals surface area contributed by atoms with Crippen LogP contribution in [0.3, 0.4) is 0 Å². The lowest BCUT2D eigenvalue weighted by Crippen LogP contribution is -2.41. The third-order valence-electron chi connectivity index (χ3n) is 3.05. The third kappa shape index (κ3) is 3.62. The van der Waals surface area contributed by atoms with Crippen molar-refractivity contribution in [1.82, 2.24) is 4.90 Å². The number of hydrogen-bond acceptors (Lipinski definition) is 3. The van der Waals surface area contributed by atoms with Crippen molar-refractivity contribution in [3.05, 3.63) is 0 Å². The highest BCUT2D eigenvalue weighted by Crippen LogP contribution is 2.16. The van der Waals surface area contributed by atoms with Crippen LogP contribution >= 0.6 is 11.8 Å². The zero-order valence-corrected chi connectivity index (χ0v) is 10.3. The van der Waals surface area contributed by atoms with Crippen LogP contribution in [0.25, 0.3) is 0 Å². The van der Waals surface area contributed by atoms with E-state index in [1.807, 2.05) is 11.8 Å². The van der Waals surface area contributed by atoms with E-state index in [9.17, 15) is 4.79 Å². The summed E-state index contributed by atoms with van der Waals surface area (Å²) in [4.78, 5) is 13.6. The molecular formula is C11H21NOS. The number of nitrogens with zero attached hydrogens (tertiary/aromatic N) is 1. The molecule has 0 saturated carbocycles. The first kappa shape index (κ1) is 12.1. The summed E-state index contributed by atoms with van der Waals surface area (Å²) in [7, 11) is 0. The minimum Gasteiger partial charge on any atom is -0.300 e. The smallest absolute Gasteiger partial charge is 0.135 e. The van der Waals surface area contributed by atoms with Crippen LogP contribution in [0.1, 0.15) is 33.1 Å². The van der Waals surface area contributed by atoms with Crippen LogP contribution in [0, 0.1) is 0 Å². The van der Waals surface area contributed by atoms with Crippen LogP contribution in [-0.2, 0) is 4.79 Å². The van der Waals surface area contributed by atoms with E-state index in [1.54, 1.807) is 0 Å². The van der Waals surface area contributed by atoms with Crippen LogP contribution in [0.2, 0.25) is 0 Å². The molecule has 0 aromatic carbocycles. The lowest BCUT2D eigenvalue weighted by Gasteiger charge is -2.33. The molecule has 2 unspecified atom stereocenters. The van der Waals surface area contributed by atoms with Crippen molar-refractivity contribution >= 4 is 17.5 Å². The van der Waals surface area contributed by atoms with Gasteiger partial charge in [0.15, 0.2) is 0 Å². The quantitative estimate of drug-likeness (QED) is 0.717. The zero-order chi connectivity index (χ0) is 10.6. The van der Waals surface area contributed by atoms with Gasteiger partial charge in [-0.1, -0.05) is 6.92 Å². The molecule has 0 amide bonds. The molecule has 0 radical (unpaired) electrons. The second-order valence-corrected chi connectivity index (χ2v) is 5.49. The van der Waals surface area contributed by atoms with Gasteiger partial charge in [0.1, 0.15) is 5.78 Å². The molecule has 1 saturated heterocycles. The molecular weight excluding hydrogens is 194 g/mol. The molecule has 14 heavy (non-hydrogen) atoms. The number of rotatable bonds is 4. The van der Waals surface area contributed by atoms with E-state index in [1.165, 1.54) is 6.42 Å². The predicted octanol–water partition coefficient (Wildman–Crippen LogP) is 2.18. The summed E-state index contributed by atoms with van der Waals surface area (Å²) < 4.78 is 0. The molecule has 82 valence electrons. The van der Waals surface area contributed by atoms with Crippen molar-refractivity contribution in [1.29, 1.82) is 0 Å². The van der Waals surface area contributed by atoms with Gasteiger partial charge < -0.3 is 0 Å². The Bertz CT molecular complexity index is 196. The summed E-state index contributed by atoms with van der Waals surface area (Å²) in [6.45, 7) is 6.56. The summed E-state index contributed by atoms with van der Waals surface area (Å²) >= 11 is 1.92. The third-order valence-corrected chi connectivity index (χ3v) is 4.09. The summed E-state index contributed by atoms with van der Waals surface area (Å²) in [5.41, 5.74) is 0. The molecule has 0 spiro atoms. The summed E-state index contributed by atoms with van der Waals surface area (Å²) in [6, 6.07) is 0.463. The average Bonchev–Trinajstić information content (AvgIpc) is 2.16. The molecule has 2 atom stereocenters. The Hall–Kier alpha value is -0.0200. The number of hydrogen-bond donors (Lipinski definition) is 0. The Labute approximate surface area is 91.4 Å². The van der Waals surface area contributed by atoms with Gasteiger partial charge in [0.25, 0.3) is 0 Å². The zero-order valence-electron chi connectivity index (χ0n) is 9.45. The normalized spacial score (nSPS) is 26.5. The molecule has 1 rings (SSSR count). The van der Waals surface area contributed by atoms with E-state index >= 15 is 0 Å². The Morgan fingerprint density at radius 1 is 1.64 bits per heavy atom. The monoisotopic (exact) mass is 215 g/mol. The first-order chi connectivity index (χ1) is 6.63. The first-order valence-corrected chi connectivity index (χ1v) is 6.70. The fourth-order valence-electron chi connectivity index (χ4n) is 1.85. The summed E-state index contributed by atoms with van der Waals surface area (Å²) in [5.74, 6) is 0.437. The van der Waals surface area contributed by atoms with Gasteiger partial charge in [0.05, 0.1) is 0 Å².